The Kier molecular flexibility index (Phi) is 53.4. The Morgan fingerprint density at radius 2 is 0.489 bits per heavy atom. The van der Waals surface area contributed by atoms with E-state index in [4.69, 9.17) is 0 Å². The Morgan fingerprint density at radius 1 is 0.333 bits per heavy atom. The first kappa shape index (κ1) is 50.7. The van der Waals surface area contributed by atoms with Crippen LogP contribution in [-0.2, 0) is 18.2 Å². The molecule has 2 atom stereocenters. The predicted molar refractivity (Wildman–Crippen MR) is 192 cm³/mol. The Hall–Kier alpha value is 1.30. The summed E-state index contributed by atoms with van der Waals surface area (Å²) in [6, 6.07) is 0. The summed E-state index contributed by atoms with van der Waals surface area (Å²) in [5.74, 6) is 0. The topological polar surface area (TPSA) is 98.7 Å². The maximum absolute atomic E-state index is 10.2. The van der Waals surface area contributed by atoms with E-state index >= 15 is 0 Å². The summed E-state index contributed by atoms with van der Waals surface area (Å²) < 4.78 is 29.4. The van der Waals surface area contributed by atoms with Gasteiger partial charge < -0.3 is 9.79 Å². The minimum absolute atomic E-state index is 0. The van der Waals surface area contributed by atoms with Crippen molar-refractivity contribution in [3.8, 4) is 0 Å². The van der Waals surface area contributed by atoms with Gasteiger partial charge in [0.15, 0.2) is 0 Å². The number of hydrogen-bond acceptors (Lipinski definition) is 6. The van der Waals surface area contributed by atoms with E-state index in [1.54, 1.807) is 0 Å². The fourth-order valence-corrected chi connectivity index (χ4v) is 6.13. The van der Waals surface area contributed by atoms with Crippen LogP contribution in [0.15, 0.2) is 0 Å². The molecule has 0 radical (unpaired) electrons. The quantitative estimate of drug-likeness (QED) is 0.0366. The van der Waals surface area contributed by atoms with Crippen LogP contribution in [0.4, 0.5) is 0 Å². The summed E-state index contributed by atoms with van der Waals surface area (Å²) in [6.07, 6.45) is 42.5. The minimum Gasteiger partial charge on any atom is -0.566 e. The third-order valence-electron chi connectivity index (χ3n) is 8.39. The zero-order chi connectivity index (χ0) is 32.6. The van der Waals surface area contributed by atoms with Crippen LogP contribution in [-0.4, -0.2) is 51.0 Å². The van der Waals surface area contributed by atoms with Crippen molar-refractivity contribution in [3.05, 3.63) is 0 Å². The van der Waals surface area contributed by atoms with Crippen molar-refractivity contribution in [2.24, 2.45) is 0 Å². The van der Waals surface area contributed by atoms with Gasteiger partial charge in [-0.1, -0.05) is 206 Å². The Labute approximate surface area is 312 Å². The van der Waals surface area contributed by atoms with Gasteiger partial charge in [-0.2, -0.15) is 0 Å². The van der Waals surface area contributed by atoms with Crippen molar-refractivity contribution in [2.45, 2.75) is 219 Å². The third kappa shape index (κ3) is 55.0. The molecular formula is C36H74CaO6P2+2. The predicted octanol–water partition coefficient (Wildman–Crippen LogP) is 12.2. The van der Waals surface area contributed by atoms with Crippen molar-refractivity contribution in [1.82, 2.24) is 0 Å². The van der Waals surface area contributed by atoms with Crippen LogP contribution < -0.4 is 9.79 Å². The van der Waals surface area contributed by atoms with Crippen molar-refractivity contribution >= 4 is 54.2 Å². The van der Waals surface area contributed by atoms with Gasteiger partial charge in [0.05, 0.1) is 0 Å². The van der Waals surface area contributed by atoms with Gasteiger partial charge in [-0.15, -0.1) is 9.05 Å². The van der Waals surface area contributed by atoms with Crippen LogP contribution in [0.1, 0.15) is 219 Å². The van der Waals surface area contributed by atoms with E-state index in [1.807, 2.05) is 0 Å². The fourth-order valence-electron chi connectivity index (χ4n) is 5.58. The van der Waals surface area contributed by atoms with Gasteiger partial charge in [-0.05, 0) is 22.0 Å². The molecule has 45 heavy (non-hydrogen) atoms. The second-order valence-corrected chi connectivity index (χ2v) is 14.1. The average Bonchev–Trinajstić information content (AvgIpc) is 3.00. The molecule has 0 heterocycles. The standard InChI is InChI=1S/2C18H37O3P.Ca/c2*1-2-3-4-5-6-7-8-9-10-11-12-13-14-15-16-17-18-21-22(19)20;/h2*2-18H2,1H3;/q;;+2. The van der Waals surface area contributed by atoms with Gasteiger partial charge in [-0.25, -0.2) is 0 Å². The first-order chi connectivity index (χ1) is 21.5. The van der Waals surface area contributed by atoms with E-state index in [9.17, 15) is 18.9 Å². The molecule has 0 fully saturated rings. The van der Waals surface area contributed by atoms with E-state index in [-0.39, 0.29) is 37.7 Å². The van der Waals surface area contributed by atoms with E-state index in [0.29, 0.717) is 13.2 Å². The summed E-state index contributed by atoms with van der Waals surface area (Å²) in [4.78, 5) is 20.3. The first-order valence-corrected chi connectivity index (χ1v) is 21.3. The van der Waals surface area contributed by atoms with Crippen LogP contribution in [0.3, 0.4) is 0 Å². The van der Waals surface area contributed by atoms with Crippen molar-refractivity contribution in [2.75, 3.05) is 13.2 Å². The van der Waals surface area contributed by atoms with Gasteiger partial charge in [0, 0.05) is 0 Å². The molecule has 0 rings (SSSR count). The molecule has 0 N–H and O–H groups in total. The molecular weight excluding hydrogens is 630 g/mol. The van der Waals surface area contributed by atoms with Crippen molar-refractivity contribution < 1.29 is 28.0 Å². The van der Waals surface area contributed by atoms with Gasteiger partial charge in [0.1, 0.15) is 13.2 Å². The van der Waals surface area contributed by atoms with Crippen LogP contribution >= 0.6 is 16.5 Å². The minimum atomic E-state index is -2.64. The maximum atomic E-state index is 10.2. The molecule has 0 aliphatic rings. The normalized spacial score (nSPS) is 11.6. The SMILES string of the molecule is CCCCCCCCCCCCCCCCCCO[P+](=O)[O-].CCCCCCCCCCCCCCCCCCO[P+](=O)[O-].[Ca+2]. The maximum Gasteiger partial charge on any atom is 2.00 e. The number of rotatable bonds is 36. The molecule has 0 saturated heterocycles. The summed E-state index contributed by atoms with van der Waals surface area (Å²) in [6.45, 7) is 5.26. The molecule has 0 amide bonds. The Balaban J connectivity index is -0.000000767. The van der Waals surface area contributed by atoms with E-state index < -0.39 is 16.5 Å². The van der Waals surface area contributed by atoms with Gasteiger partial charge in [0.25, 0.3) is 0 Å². The molecule has 0 bridgehead atoms. The van der Waals surface area contributed by atoms with Crippen LogP contribution in [0, 0.1) is 0 Å². The van der Waals surface area contributed by atoms with Crippen LogP contribution in [0.5, 0.6) is 0 Å². The van der Waals surface area contributed by atoms with E-state index in [0.717, 1.165) is 25.7 Å². The van der Waals surface area contributed by atoms with Gasteiger partial charge in [-0.3, -0.25) is 0 Å². The summed E-state index contributed by atoms with van der Waals surface area (Å²) in [7, 11) is -5.29. The van der Waals surface area contributed by atoms with Crippen LogP contribution in [0.2, 0.25) is 0 Å². The molecule has 0 saturated carbocycles. The summed E-state index contributed by atoms with van der Waals surface area (Å²) >= 11 is 0. The zero-order valence-corrected chi connectivity index (χ0v) is 34.1. The van der Waals surface area contributed by atoms with Gasteiger partial charge in [0.2, 0.25) is 0 Å². The Morgan fingerprint density at radius 3 is 0.644 bits per heavy atom. The fraction of sp³-hybridized carbons (Fsp3) is 1.00. The molecule has 0 aromatic carbocycles. The molecule has 0 aliphatic carbocycles. The molecule has 0 aromatic heterocycles. The largest absolute Gasteiger partial charge is 2.00 e. The second kappa shape index (κ2) is 47.4. The summed E-state index contributed by atoms with van der Waals surface area (Å²) in [5.41, 5.74) is 0. The smallest absolute Gasteiger partial charge is 0.566 e. The Bertz CT molecular complexity index is 524. The van der Waals surface area contributed by atoms with E-state index in [1.165, 1.54) is 180 Å². The van der Waals surface area contributed by atoms with Crippen molar-refractivity contribution in [3.63, 3.8) is 0 Å². The monoisotopic (exact) mass is 704 g/mol. The number of unbranched alkanes of at least 4 members (excludes halogenated alkanes) is 30. The average molecular weight is 705 g/mol. The molecule has 2 unspecified atom stereocenters. The van der Waals surface area contributed by atoms with Gasteiger partial charge >= 0.3 is 54.2 Å². The summed E-state index contributed by atoms with van der Waals surface area (Å²) in [5, 5.41) is 0. The molecule has 0 aromatic rings. The number of hydrogen-bond donors (Lipinski definition) is 0. The molecule has 6 nitrogen and oxygen atoms in total. The molecule has 264 valence electrons. The zero-order valence-electron chi connectivity index (χ0n) is 30.1. The second-order valence-electron chi connectivity index (χ2n) is 12.7. The first-order valence-electron chi connectivity index (χ1n) is 19.1. The van der Waals surface area contributed by atoms with Crippen molar-refractivity contribution in [1.29, 1.82) is 0 Å². The van der Waals surface area contributed by atoms with E-state index in [2.05, 4.69) is 22.9 Å². The molecule has 9 heteroatoms. The molecule has 0 aliphatic heterocycles. The van der Waals surface area contributed by atoms with Crippen LogP contribution in [0.25, 0.3) is 0 Å². The third-order valence-corrected chi connectivity index (χ3v) is 9.18. The molecule has 0 spiro atoms.